The molecule has 1 rings (SSSR count). The lowest BCUT2D eigenvalue weighted by molar-refractivity contribution is 0.304. The van der Waals surface area contributed by atoms with E-state index in [2.05, 4.69) is 22.9 Å². The molecule has 3 heteroatoms. The first kappa shape index (κ1) is 16.8. The van der Waals surface area contributed by atoms with E-state index < -0.39 is 0 Å². The molecule has 1 nitrogen and oxygen atoms in total. The van der Waals surface area contributed by atoms with Crippen LogP contribution in [0.25, 0.3) is 0 Å². The topological polar surface area (TPSA) is 9.23 Å². The van der Waals surface area contributed by atoms with Crippen molar-refractivity contribution in [3.8, 4) is 5.75 Å². The fraction of sp³-hybridized carbons (Fsp3) is 0.625. The van der Waals surface area contributed by atoms with Gasteiger partial charge in [0.2, 0.25) is 0 Å². The molecule has 0 aliphatic heterocycles. The molecule has 1 aromatic carbocycles. The summed E-state index contributed by atoms with van der Waals surface area (Å²) < 4.78 is 6.80. The summed E-state index contributed by atoms with van der Waals surface area (Å²) in [6.07, 6.45) is 9.16. The van der Waals surface area contributed by atoms with Crippen LogP contribution < -0.4 is 4.74 Å². The molecule has 0 heterocycles. The van der Waals surface area contributed by atoms with E-state index in [1.807, 2.05) is 18.2 Å². The zero-order valence-electron chi connectivity index (χ0n) is 11.8. The Morgan fingerprint density at radius 2 is 1.74 bits per heavy atom. The van der Waals surface area contributed by atoms with Gasteiger partial charge in [-0.15, -0.1) is 11.6 Å². The van der Waals surface area contributed by atoms with Crippen LogP contribution in [-0.2, 0) is 5.88 Å². The molecule has 0 amide bonds. The van der Waals surface area contributed by atoms with Crippen molar-refractivity contribution in [3.63, 3.8) is 0 Å². The van der Waals surface area contributed by atoms with E-state index in [9.17, 15) is 0 Å². The molecule has 1 aromatic rings. The first-order chi connectivity index (χ1) is 9.27. The number of rotatable bonds is 10. The van der Waals surface area contributed by atoms with Crippen LogP contribution in [0.1, 0.15) is 57.4 Å². The molecule has 19 heavy (non-hydrogen) atoms. The fourth-order valence-corrected chi connectivity index (χ4v) is 2.76. The van der Waals surface area contributed by atoms with Crippen molar-refractivity contribution in [1.82, 2.24) is 0 Å². The smallest absolute Gasteiger partial charge is 0.119 e. The maximum absolute atomic E-state index is 5.86. The van der Waals surface area contributed by atoms with Gasteiger partial charge < -0.3 is 4.74 Å². The lowest BCUT2D eigenvalue weighted by atomic mass is 10.1. The molecular formula is C16H24BrClO. The molecule has 0 aliphatic rings. The van der Waals surface area contributed by atoms with Gasteiger partial charge in [0.05, 0.1) is 6.61 Å². The van der Waals surface area contributed by atoms with Crippen molar-refractivity contribution in [3.05, 3.63) is 28.2 Å². The van der Waals surface area contributed by atoms with Crippen molar-refractivity contribution in [2.45, 2.75) is 57.7 Å². The van der Waals surface area contributed by atoms with E-state index >= 15 is 0 Å². The highest BCUT2D eigenvalue weighted by Crippen LogP contribution is 2.24. The van der Waals surface area contributed by atoms with Crippen LogP contribution >= 0.6 is 27.5 Å². The Balaban J connectivity index is 2.12. The second-order valence-corrected chi connectivity index (χ2v) is 5.98. The second-order valence-electron chi connectivity index (χ2n) is 4.86. The lowest BCUT2D eigenvalue weighted by Gasteiger charge is -2.08. The van der Waals surface area contributed by atoms with E-state index in [4.69, 9.17) is 16.3 Å². The number of alkyl halides is 1. The molecule has 0 spiro atoms. The van der Waals surface area contributed by atoms with Crippen molar-refractivity contribution in [2.24, 2.45) is 0 Å². The van der Waals surface area contributed by atoms with Crippen LogP contribution in [0.5, 0.6) is 5.75 Å². The summed E-state index contributed by atoms with van der Waals surface area (Å²) in [5.41, 5.74) is 1.08. The first-order valence-electron chi connectivity index (χ1n) is 7.25. The summed E-state index contributed by atoms with van der Waals surface area (Å²) in [5, 5.41) is 0. The van der Waals surface area contributed by atoms with E-state index in [1.165, 1.54) is 38.5 Å². The second kappa shape index (κ2) is 10.6. The number of ether oxygens (including phenoxy) is 1. The molecule has 0 radical (unpaired) electrons. The van der Waals surface area contributed by atoms with Gasteiger partial charge in [-0.1, -0.05) is 61.4 Å². The Morgan fingerprint density at radius 1 is 1.05 bits per heavy atom. The summed E-state index contributed by atoms with van der Waals surface area (Å²) in [5.74, 6) is 1.43. The zero-order chi connectivity index (χ0) is 13.9. The highest BCUT2D eigenvalue weighted by atomic mass is 79.9. The quantitative estimate of drug-likeness (QED) is 0.355. The average Bonchev–Trinajstić information content (AvgIpc) is 2.43. The van der Waals surface area contributed by atoms with Crippen molar-refractivity contribution in [1.29, 1.82) is 0 Å². The Hall–Kier alpha value is -0.210. The van der Waals surface area contributed by atoms with Crippen LogP contribution in [0.3, 0.4) is 0 Å². The maximum Gasteiger partial charge on any atom is 0.119 e. The molecule has 0 unspecified atom stereocenters. The number of hydrogen-bond donors (Lipinski definition) is 0. The van der Waals surface area contributed by atoms with Gasteiger partial charge >= 0.3 is 0 Å². The van der Waals surface area contributed by atoms with Gasteiger partial charge in [0.25, 0.3) is 0 Å². The molecule has 108 valence electrons. The van der Waals surface area contributed by atoms with E-state index in [0.29, 0.717) is 5.88 Å². The standard InChI is InChI=1S/C16H24BrClO/c1-2-3-4-5-6-7-8-11-19-15-9-10-16(17)14(12-15)13-18/h9-10,12H,2-8,11,13H2,1H3. The summed E-state index contributed by atoms with van der Waals surface area (Å²) >= 11 is 9.34. The third-order valence-corrected chi connectivity index (χ3v) is 4.24. The third-order valence-electron chi connectivity index (χ3n) is 3.18. The fourth-order valence-electron chi connectivity index (χ4n) is 1.99. The van der Waals surface area contributed by atoms with E-state index in [1.54, 1.807) is 0 Å². The zero-order valence-corrected chi connectivity index (χ0v) is 14.1. The molecule has 0 aromatic heterocycles. The SMILES string of the molecule is CCCCCCCCCOc1ccc(Br)c(CCl)c1. The minimum Gasteiger partial charge on any atom is -0.494 e. The van der Waals surface area contributed by atoms with E-state index in [0.717, 1.165) is 28.8 Å². The predicted molar refractivity (Wildman–Crippen MR) is 87.2 cm³/mol. The lowest BCUT2D eigenvalue weighted by Crippen LogP contribution is -1.98. The number of halogens is 2. The highest BCUT2D eigenvalue weighted by molar-refractivity contribution is 9.10. The Bertz CT molecular complexity index is 355. The monoisotopic (exact) mass is 346 g/mol. The summed E-state index contributed by atoms with van der Waals surface area (Å²) in [6, 6.07) is 6.00. The van der Waals surface area contributed by atoms with Crippen LogP contribution in [0.4, 0.5) is 0 Å². The normalized spacial score (nSPS) is 10.7. The summed E-state index contributed by atoms with van der Waals surface area (Å²) in [6.45, 7) is 3.05. The number of benzene rings is 1. The van der Waals surface area contributed by atoms with Gasteiger partial charge in [0.15, 0.2) is 0 Å². The molecule has 0 aliphatic carbocycles. The highest BCUT2D eigenvalue weighted by Gasteiger charge is 2.01. The largest absolute Gasteiger partial charge is 0.494 e. The minimum absolute atomic E-state index is 0.509. The van der Waals surface area contributed by atoms with Crippen LogP contribution in [0.15, 0.2) is 22.7 Å². The predicted octanol–water partition coefficient (Wildman–Crippen LogP) is 6.32. The van der Waals surface area contributed by atoms with Crippen molar-refractivity contribution >= 4 is 27.5 Å². The van der Waals surface area contributed by atoms with Crippen LogP contribution in [0.2, 0.25) is 0 Å². The van der Waals surface area contributed by atoms with Gasteiger partial charge in [-0.2, -0.15) is 0 Å². The maximum atomic E-state index is 5.86. The first-order valence-corrected chi connectivity index (χ1v) is 8.58. The molecule has 0 bridgehead atoms. The van der Waals surface area contributed by atoms with Gasteiger partial charge in [0, 0.05) is 10.4 Å². The van der Waals surface area contributed by atoms with Gasteiger partial charge in [-0.3, -0.25) is 0 Å². The van der Waals surface area contributed by atoms with Crippen LogP contribution in [0, 0.1) is 0 Å². The van der Waals surface area contributed by atoms with Crippen molar-refractivity contribution in [2.75, 3.05) is 6.61 Å². The minimum atomic E-state index is 0.509. The molecular weight excluding hydrogens is 324 g/mol. The Kier molecular flexibility index (Phi) is 9.36. The van der Waals surface area contributed by atoms with Gasteiger partial charge in [-0.25, -0.2) is 0 Å². The summed E-state index contributed by atoms with van der Waals surface area (Å²) in [7, 11) is 0. The molecule has 0 N–H and O–H groups in total. The van der Waals surface area contributed by atoms with Gasteiger partial charge in [0.1, 0.15) is 5.75 Å². The molecule has 0 fully saturated rings. The molecule has 0 saturated heterocycles. The summed E-state index contributed by atoms with van der Waals surface area (Å²) in [4.78, 5) is 0. The number of unbranched alkanes of at least 4 members (excludes halogenated alkanes) is 6. The average molecular weight is 348 g/mol. The van der Waals surface area contributed by atoms with Crippen LogP contribution in [-0.4, -0.2) is 6.61 Å². The van der Waals surface area contributed by atoms with E-state index in [-0.39, 0.29) is 0 Å². The third kappa shape index (κ3) is 7.22. The Morgan fingerprint density at radius 3 is 2.42 bits per heavy atom. The molecule has 0 atom stereocenters. The molecule has 0 saturated carbocycles. The van der Waals surface area contributed by atoms with Gasteiger partial charge in [-0.05, 0) is 30.2 Å². The Labute approximate surface area is 130 Å². The number of hydrogen-bond acceptors (Lipinski definition) is 1. The van der Waals surface area contributed by atoms with Crippen molar-refractivity contribution < 1.29 is 4.74 Å².